The molecule has 0 aromatic carbocycles. The van der Waals surface area contributed by atoms with Gasteiger partial charge in [-0.05, 0) is 41.8 Å². The summed E-state index contributed by atoms with van der Waals surface area (Å²) < 4.78 is 35.4. The summed E-state index contributed by atoms with van der Waals surface area (Å²) >= 11 is 1.61. The first-order valence-corrected chi connectivity index (χ1v) is 5.72. The quantitative estimate of drug-likeness (QED) is 0.773. The SMILES string of the molecule is Cc1cscc1CNCCCC(F)(F)F. The number of hydrogen-bond donors (Lipinski definition) is 1. The Balaban J connectivity index is 2.10. The van der Waals surface area contributed by atoms with Crippen LogP contribution in [0.2, 0.25) is 0 Å². The predicted molar refractivity (Wildman–Crippen MR) is 56.1 cm³/mol. The normalized spacial score (nSPS) is 12.0. The molecule has 1 N–H and O–H groups in total. The van der Waals surface area contributed by atoms with Gasteiger partial charge in [0.2, 0.25) is 0 Å². The molecule has 0 amide bonds. The van der Waals surface area contributed by atoms with E-state index >= 15 is 0 Å². The lowest BCUT2D eigenvalue weighted by molar-refractivity contribution is -0.135. The number of halogens is 3. The summed E-state index contributed by atoms with van der Waals surface area (Å²) in [5.74, 6) is 0. The molecule has 0 bridgehead atoms. The Kier molecular flexibility index (Phi) is 4.60. The van der Waals surface area contributed by atoms with Gasteiger partial charge < -0.3 is 5.32 Å². The Morgan fingerprint density at radius 2 is 2.07 bits per heavy atom. The summed E-state index contributed by atoms with van der Waals surface area (Å²) in [6, 6.07) is 0. The van der Waals surface area contributed by atoms with Crippen molar-refractivity contribution in [1.29, 1.82) is 0 Å². The number of hydrogen-bond acceptors (Lipinski definition) is 2. The van der Waals surface area contributed by atoms with Crippen molar-refractivity contribution in [1.82, 2.24) is 5.32 Å². The van der Waals surface area contributed by atoms with Gasteiger partial charge in [-0.15, -0.1) is 0 Å². The zero-order chi connectivity index (χ0) is 11.3. The van der Waals surface area contributed by atoms with Gasteiger partial charge in [-0.2, -0.15) is 24.5 Å². The molecule has 1 aromatic heterocycles. The molecular weight excluding hydrogens is 223 g/mol. The van der Waals surface area contributed by atoms with Crippen LogP contribution in [0, 0.1) is 6.92 Å². The second-order valence-electron chi connectivity index (χ2n) is 3.48. The van der Waals surface area contributed by atoms with E-state index < -0.39 is 12.6 Å². The average molecular weight is 237 g/mol. The lowest BCUT2D eigenvalue weighted by Gasteiger charge is -2.07. The molecule has 0 saturated carbocycles. The molecule has 0 aliphatic rings. The monoisotopic (exact) mass is 237 g/mol. The number of rotatable bonds is 5. The van der Waals surface area contributed by atoms with Crippen molar-refractivity contribution in [2.75, 3.05) is 6.54 Å². The Bertz CT molecular complexity index is 293. The second-order valence-corrected chi connectivity index (χ2v) is 4.22. The predicted octanol–water partition coefficient (Wildman–Crippen LogP) is 3.49. The van der Waals surface area contributed by atoms with Crippen LogP contribution in [0.25, 0.3) is 0 Å². The summed E-state index contributed by atoms with van der Waals surface area (Å²) in [6.45, 7) is 3.07. The third-order valence-electron chi connectivity index (χ3n) is 2.09. The van der Waals surface area contributed by atoms with E-state index in [-0.39, 0.29) is 6.42 Å². The summed E-state index contributed by atoms with van der Waals surface area (Å²) in [7, 11) is 0. The highest BCUT2D eigenvalue weighted by Gasteiger charge is 2.25. The molecule has 1 heterocycles. The Morgan fingerprint density at radius 3 is 2.60 bits per heavy atom. The van der Waals surface area contributed by atoms with Crippen LogP contribution in [0.4, 0.5) is 13.2 Å². The average Bonchev–Trinajstić information content (AvgIpc) is 2.49. The maximum absolute atomic E-state index is 11.8. The molecule has 1 aromatic rings. The fourth-order valence-electron chi connectivity index (χ4n) is 1.20. The number of thiophene rings is 1. The van der Waals surface area contributed by atoms with Gasteiger partial charge in [0, 0.05) is 13.0 Å². The van der Waals surface area contributed by atoms with E-state index in [1.807, 2.05) is 17.7 Å². The van der Waals surface area contributed by atoms with Crippen LogP contribution in [0.1, 0.15) is 24.0 Å². The van der Waals surface area contributed by atoms with E-state index in [2.05, 4.69) is 5.32 Å². The fourth-order valence-corrected chi connectivity index (χ4v) is 2.06. The molecule has 0 aliphatic carbocycles. The molecule has 0 unspecified atom stereocenters. The molecule has 0 saturated heterocycles. The minimum absolute atomic E-state index is 0.146. The maximum atomic E-state index is 11.8. The minimum Gasteiger partial charge on any atom is -0.313 e. The van der Waals surface area contributed by atoms with Crippen molar-refractivity contribution in [3.05, 3.63) is 21.9 Å². The Labute approximate surface area is 91.3 Å². The molecular formula is C10H14F3NS. The van der Waals surface area contributed by atoms with Gasteiger partial charge in [0.05, 0.1) is 0 Å². The van der Waals surface area contributed by atoms with Crippen LogP contribution in [0.15, 0.2) is 10.8 Å². The highest BCUT2D eigenvalue weighted by Crippen LogP contribution is 2.20. The van der Waals surface area contributed by atoms with Gasteiger partial charge in [0.15, 0.2) is 0 Å². The van der Waals surface area contributed by atoms with Crippen LogP contribution < -0.4 is 5.32 Å². The molecule has 0 aliphatic heterocycles. The van der Waals surface area contributed by atoms with Crippen LogP contribution in [0.5, 0.6) is 0 Å². The van der Waals surface area contributed by atoms with Crippen LogP contribution in [0.3, 0.4) is 0 Å². The fraction of sp³-hybridized carbons (Fsp3) is 0.600. The molecule has 5 heteroatoms. The van der Waals surface area contributed by atoms with Gasteiger partial charge in [0.25, 0.3) is 0 Å². The standard InChI is InChI=1S/C10H14F3NS/c1-8-6-15-7-9(8)5-14-4-2-3-10(11,12)13/h6-7,14H,2-5H2,1H3. The van der Waals surface area contributed by atoms with E-state index in [9.17, 15) is 13.2 Å². The van der Waals surface area contributed by atoms with Gasteiger partial charge >= 0.3 is 6.18 Å². The number of alkyl halides is 3. The Hall–Kier alpha value is -0.550. The van der Waals surface area contributed by atoms with Gasteiger partial charge in [-0.25, -0.2) is 0 Å². The van der Waals surface area contributed by atoms with Crippen LogP contribution in [-0.4, -0.2) is 12.7 Å². The van der Waals surface area contributed by atoms with E-state index in [1.165, 1.54) is 11.1 Å². The maximum Gasteiger partial charge on any atom is 0.389 e. The Morgan fingerprint density at radius 1 is 1.33 bits per heavy atom. The van der Waals surface area contributed by atoms with Crippen molar-refractivity contribution in [2.45, 2.75) is 32.5 Å². The van der Waals surface area contributed by atoms with Gasteiger partial charge in [0.1, 0.15) is 0 Å². The molecule has 0 radical (unpaired) electrons. The first-order chi connectivity index (χ1) is 6.99. The molecule has 1 nitrogen and oxygen atoms in total. The van der Waals surface area contributed by atoms with Gasteiger partial charge in [-0.1, -0.05) is 0 Å². The molecule has 0 spiro atoms. The van der Waals surface area contributed by atoms with E-state index in [1.54, 1.807) is 11.3 Å². The molecule has 1 rings (SSSR count). The van der Waals surface area contributed by atoms with Crippen molar-refractivity contribution >= 4 is 11.3 Å². The van der Waals surface area contributed by atoms with Crippen LogP contribution in [-0.2, 0) is 6.54 Å². The minimum atomic E-state index is -4.03. The topological polar surface area (TPSA) is 12.0 Å². The zero-order valence-electron chi connectivity index (χ0n) is 8.53. The smallest absolute Gasteiger partial charge is 0.313 e. The summed E-state index contributed by atoms with van der Waals surface area (Å²) in [5, 5.41) is 7.06. The van der Waals surface area contributed by atoms with E-state index in [0.29, 0.717) is 13.1 Å². The van der Waals surface area contributed by atoms with Crippen molar-refractivity contribution < 1.29 is 13.2 Å². The lowest BCUT2D eigenvalue weighted by atomic mass is 10.2. The third kappa shape index (κ3) is 5.18. The highest BCUT2D eigenvalue weighted by atomic mass is 32.1. The molecule has 15 heavy (non-hydrogen) atoms. The zero-order valence-corrected chi connectivity index (χ0v) is 9.34. The molecule has 86 valence electrons. The molecule has 0 atom stereocenters. The van der Waals surface area contributed by atoms with Crippen molar-refractivity contribution in [3.63, 3.8) is 0 Å². The largest absolute Gasteiger partial charge is 0.389 e. The summed E-state index contributed by atoms with van der Waals surface area (Å²) in [6.07, 6.45) is -4.59. The first kappa shape index (κ1) is 12.5. The lowest BCUT2D eigenvalue weighted by Crippen LogP contribution is -2.17. The van der Waals surface area contributed by atoms with Crippen molar-refractivity contribution in [2.24, 2.45) is 0 Å². The summed E-state index contributed by atoms with van der Waals surface area (Å²) in [5.41, 5.74) is 2.37. The third-order valence-corrected chi connectivity index (χ3v) is 3.00. The van der Waals surface area contributed by atoms with Crippen molar-refractivity contribution in [3.8, 4) is 0 Å². The van der Waals surface area contributed by atoms with E-state index in [0.717, 1.165) is 0 Å². The van der Waals surface area contributed by atoms with Crippen LogP contribution >= 0.6 is 11.3 Å². The number of nitrogens with one attached hydrogen (secondary N) is 1. The summed E-state index contributed by atoms with van der Waals surface area (Å²) in [4.78, 5) is 0. The highest BCUT2D eigenvalue weighted by molar-refractivity contribution is 7.08. The van der Waals surface area contributed by atoms with E-state index in [4.69, 9.17) is 0 Å². The van der Waals surface area contributed by atoms with Gasteiger partial charge in [-0.3, -0.25) is 0 Å². The first-order valence-electron chi connectivity index (χ1n) is 4.78. The second kappa shape index (κ2) is 5.51. The molecule has 0 fully saturated rings. The number of aryl methyl sites for hydroxylation is 1.